The van der Waals surface area contributed by atoms with Gasteiger partial charge in [0.25, 0.3) is 0 Å². The number of aromatic amines is 1. The summed E-state index contributed by atoms with van der Waals surface area (Å²) in [6.45, 7) is 7.36. The molecular weight excluding hydrogens is 880 g/mol. The van der Waals surface area contributed by atoms with Crippen LogP contribution in [0, 0.1) is 11.8 Å². The normalized spacial score (nSPS) is 21.9. The van der Waals surface area contributed by atoms with Crippen LogP contribution in [0.5, 0.6) is 5.75 Å². The monoisotopic (exact) mass is 942 g/mol. The summed E-state index contributed by atoms with van der Waals surface area (Å²) in [5, 5.41) is 37.8. The molecule has 0 unspecified atom stereocenters. The number of carboxylic acids is 1. The van der Waals surface area contributed by atoms with Gasteiger partial charge in [-0.25, -0.2) is 9.59 Å². The molecule has 0 spiro atoms. The molecule has 7 amide bonds. The summed E-state index contributed by atoms with van der Waals surface area (Å²) in [5.41, 5.74) is 2.58. The highest BCUT2D eigenvalue weighted by Gasteiger charge is 2.39. The maximum Gasteiger partial charge on any atom is 0.326 e. The minimum Gasteiger partial charge on any atom is -0.506 e. The lowest BCUT2D eigenvalue weighted by Gasteiger charge is -2.35. The van der Waals surface area contributed by atoms with Crippen molar-refractivity contribution in [2.24, 2.45) is 11.8 Å². The summed E-state index contributed by atoms with van der Waals surface area (Å²) in [5.74, 6) is -5.49. The van der Waals surface area contributed by atoms with E-state index in [0.717, 1.165) is 5.56 Å². The molecule has 0 radical (unpaired) electrons. The van der Waals surface area contributed by atoms with Gasteiger partial charge < -0.3 is 52.0 Å². The third-order valence-corrected chi connectivity index (χ3v) is 12.9. The molecule has 360 valence electrons. The smallest absolute Gasteiger partial charge is 0.326 e. The Bertz CT molecular complexity index is 2360. The highest BCUT2D eigenvalue weighted by molar-refractivity contribution is 6.32. The van der Waals surface area contributed by atoms with Crippen LogP contribution >= 0.6 is 11.6 Å². The quantitative estimate of drug-likeness (QED) is 0.0923. The van der Waals surface area contributed by atoms with E-state index in [-0.39, 0.29) is 43.0 Å². The average Bonchev–Trinajstić information content (AvgIpc) is 3.70. The second-order valence-corrected chi connectivity index (χ2v) is 17.8. The molecule has 67 heavy (non-hydrogen) atoms. The fourth-order valence-electron chi connectivity index (χ4n) is 8.04. The Morgan fingerprint density at radius 1 is 0.806 bits per heavy atom. The van der Waals surface area contributed by atoms with Crippen LogP contribution in [0.3, 0.4) is 0 Å². The summed E-state index contributed by atoms with van der Waals surface area (Å²) < 4.78 is 0. The van der Waals surface area contributed by atoms with E-state index in [0.29, 0.717) is 47.7 Å². The first kappa shape index (κ1) is 51.4. The highest BCUT2D eigenvalue weighted by Crippen LogP contribution is 2.31. The molecule has 0 bridgehead atoms. The number of likely N-dealkylation sites (N-methyl/N-ethyl adjacent to an activating group) is 1. The van der Waals surface area contributed by atoms with Gasteiger partial charge in [-0.3, -0.25) is 24.0 Å². The van der Waals surface area contributed by atoms with Gasteiger partial charge in [-0.2, -0.15) is 0 Å². The van der Waals surface area contributed by atoms with Gasteiger partial charge in [0.15, 0.2) is 0 Å². The number of aliphatic carboxylic acids is 1. The van der Waals surface area contributed by atoms with Crippen LogP contribution in [0.1, 0.15) is 76.5 Å². The Morgan fingerprint density at radius 2 is 1.43 bits per heavy atom. The molecule has 1 aromatic heterocycles. The summed E-state index contributed by atoms with van der Waals surface area (Å²) in [7, 11) is 1.45. The number of halogens is 1. The third-order valence-electron chi connectivity index (χ3n) is 12.6. The van der Waals surface area contributed by atoms with Crippen molar-refractivity contribution >= 4 is 64.0 Å². The standard InChI is InChI=1S/C49H63ClN8O9/c1-6-28(3)41-46(63)57-42(29(4)7-2)47(64)58(5)39(24-32-27-52-36-26-34(50)40(59)25-33(32)36)45(62)53-37(22-30-16-10-8-11-17-30)43(60)51-21-15-14-20-35(44(61)56-41)54-49(67)55-38(48(65)66)23-31-18-12-9-13-19-31/h8-13,16-19,25-29,35,37-39,41-42,52,59H,6-7,14-15,20-24H2,1-5H3,(H,51,60)(H,53,62)(H,56,61)(H,57,63)(H,65,66)(H2,54,55,67)/t28-,29-,35+,37+,38-,39+,41-,42+/m1/s1. The number of hydrogen-bond donors (Lipinski definition) is 9. The number of carboxylic acid groups (broad SMARTS) is 1. The van der Waals surface area contributed by atoms with Crippen molar-refractivity contribution < 1.29 is 43.8 Å². The Labute approximate surface area is 395 Å². The number of phenolic OH excluding ortho intramolecular Hbond substituents is 1. The molecule has 1 aliphatic heterocycles. The summed E-state index contributed by atoms with van der Waals surface area (Å²) >= 11 is 6.20. The van der Waals surface area contributed by atoms with Gasteiger partial charge in [0.1, 0.15) is 42.0 Å². The number of phenols is 1. The molecule has 4 aromatic rings. The van der Waals surface area contributed by atoms with Crippen molar-refractivity contribution in [3.05, 3.63) is 101 Å². The van der Waals surface area contributed by atoms with Gasteiger partial charge in [0, 0.05) is 50.0 Å². The number of carbonyl (C=O) groups excluding carboxylic acids is 6. The Morgan fingerprint density at radius 3 is 2.07 bits per heavy atom. The zero-order chi connectivity index (χ0) is 48.8. The summed E-state index contributed by atoms with van der Waals surface area (Å²) in [4.78, 5) is 102. The van der Waals surface area contributed by atoms with Crippen molar-refractivity contribution in [2.75, 3.05) is 13.6 Å². The van der Waals surface area contributed by atoms with E-state index in [2.05, 4.69) is 36.9 Å². The summed E-state index contributed by atoms with van der Waals surface area (Å²) in [6.07, 6.45) is 3.23. The molecule has 9 N–H and O–H groups in total. The maximum atomic E-state index is 14.9. The van der Waals surface area contributed by atoms with E-state index in [1.54, 1.807) is 56.4 Å². The van der Waals surface area contributed by atoms with Gasteiger partial charge >= 0.3 is 12.0 Å². The van der Waals surface area contributed by atoms with Crippen LogP contribution in [0.2, 0.25) is 5.02 Å². The second kappa shape index (κ2) is 24.2. The number of hydrogen-bond acceptors (Lipinski definition) is 8. The molecule has 1 aliphatic rings. The lowest BCUT2D eigenvalue weighted by atomic mass is 9.93. The van der Waals surface area contributed by atoms with E-state index in [1.807, 2.05) is 44.2 Å². The van der Waals surface area contributed by atoms with E-state index in [1.165, 1.54) is 18.0 Å². The fraction of sp³-hybridized carbons (Fsp3) is 0.449. The molecule has 3 aromatic carbocycles. The third kappa shape index (κ3) is 14.0. The minimum absolute atomic E-state index is 0.0168. The van der Waals surface area contributed by atoms with Crippen LogP contribution in [-0.2, 0) is 48.0 Å². The first-order valence-electron chi connectivity index (χ1n) is 22.8. The predicted octanol–water partition coefficient (Wildman–Crippen LogP) is 4.35. The molecule has 8 atom stereocenters. The van der Waals surface area contributed by atoms with E-state index in [4.69, 9.17) is 11.6 Å². The van der Waals surface area contributed by atoms with Gasteiger partial charge in [-0.15, -0.1) is 0 Å². The molecule has 1 saturated heterocycles. The number of rotatable bonds is 13. The first-order valence-corrected chi connectivity index (χ1v) is 23.2. The van der Waals surface area contributed by atoms with E-state index in [9.17, 15) is 43.8 Å². The molecule has 18 heteroatoms. The number of carbonyl (C=O) groups is 7. The van der Waals surface area contributed by atoms with Gasteiger partial charge in [-0.1, -0.05) is 113 Å². The minimum atomic E-state index is -1.32. The number of fused-ring (bicyclic) bond motifs is 1. The van der Waals surface area contributed by atoms with Crippen molar-refractivity contribution in [1.29, 1.82) is 0 Å². The molecule has 0 saturated carbocycles. The van der Waals surface area contributed by atoms with Crippen molar-refractivity contribution in [3.8, 4) is 5.75 Å². The average molecular weight is 944 g/mol. The lowest BCUT2D eigenvalue weighted by molar-refractivity contribution is -0.144. The largest absolute Gasteiger partial charge is 0.506 e. The molecule has 2 heterocycles. The van der Waals surface area contributed by atoms with Crippen LogP contribution in [0.15, 0.2) is 79.0 Å². The number of amides is 7. The number of aromatic hydroxyl groups is 1. The fourth-order valence-corrected chi connectivity index (χ4v) is 8.20. The molecule has 1 fully saturated rings. The zero-order valence-electron chi connectivity index (χ0n) is 38.6. The molecular formula is C49H63ClN8O9. The Kier molecular flexibility index (Phi) is 18.6. The van der Waals surface area contributed by atoms with Gasteiger partial charge in [-0.05, 0) is 59.9 Å². The Balaban J connectivity index is 1.50. The molecule has 0 aliphatic carbocycles. The molecule has 17 nitrogen and oxygen atoms in total. The topological polar surface area (TPSA) is 251 Å². The second-order valence-electron chi connectivity index (χ2n) is 17.4. The maximum absolute atomic E-state index is 14.9. The van der Waals surface area contributed by atoms with E-state index >= 15 is 0 Å². The number of aromatic nitrogens is 1. The van der Waals surface area contributed by atoms with E-state index < -0.39 is 89.6 Å². The highest BCUT2D eigenvalue weighted by atomic mass is 35.5. The number of nitrogens with one attached hydrogen (secondary N) is 7. The number of urea groups is 1. The van der Waals surface area contributed by atoms with Crippen LogP contribution in [0.4, 0.5) is 4.79 Å². The number of nitrogens with zero attached hydrogens (tertiary/aromatic N) is 1. The van der Waals surface area contributed by atoms with Crippen molar-refractivity contribution in [3.63, 3.8) is 0 Å². The van der Waals surface area contributed by atoms with Crippen LogP contribution in [0.25, 0.3) is 10.9 Å². The lowest BCUT2D eigenvalue weighted by Crippen LogP contribution is -2.62. The van der Waals surface area contributed by atoms with Gasteiger partial charge in [0.05, 0.1) is 5.02 Å². The Hall–Kier alpha value is -6.62. The van der Waals surface area contributed by atoms with Crippen molar-refractivity contribution in [1.82, 2.24) is 41.8 Å². The first-order chi connectivity index (χ1) is 32.0. The zero-order valence-corrected chi connectivity index (χ0v) is 39.3. The molecule has 5 rings (SSSR count). The number of benzene rings is 3. The van der Waals surface area contributed by atoms with Crippen LogP contribution in [-0.4, -0.2) is 111 Å². The van der Waals surface area contributed by atoms with Gasteiger partial charge in [0.2, 0.25) is 29.5 Å². The SMILES string of the molecule is CC[C@@H](C)[C@@H]1NC(=O)[C@@H]([C@H](C)CC)NC(=O)[C@@H](NC(=O)N[C@H](Cc2ccccc2)C(=O)O)CCCCNC(=O)[C@H](Cc2ccccc2)NC(=O)[C@H](Cc2c[nH]c3cc(Cl)c(O)cc23)N(C)C1=O. The summed E-state index contributed by atoms with van der Waals surface area (Å²) in [6, 6.07) is 12.7. The number of H-pyrrole nitrogens is 1. The van der Waals surface area contributed by atoms with Crippen molar-refractivity contribution in [2.45, 2.75) is 115 Å². The van der Waals surface area contributed by atoms with Crippen LogP contribution < -0.4 is 31.9 Å². The predicted molar refractivity (Wildman–Crippen MR) is 254 cm³/mol.